The number of benzene rings is 4. The molecule has 15 nitrogen and oxygen atoms in total. The topological polar surface area (TPSA) is 176 Å². The zero-order valence-corrected chi connectivity index (χ0v) is 47.0. The first kappa shape index (κ1) is 56.1. The van der Waals surface area contributed by atoms with Crippen molar-refractivity contribution in [3.8, 4) is 33.9 Å². The van der Waals surface area contributed by atoms with Gasteiger partial charge in [-0.05, 0) is 156 Å². The first-order valence-electron chi connectivity index (χ1n) is 28.1. The summed E-state index contributed by atoms with van der Waals surface area (Å²) in [5.74, 6) is 1.23. The lowest BCUT2D eigenvalue weighted by Gasteiger charge is -2.37. The van der Waals surface area contributed by atoms with E-state index in [4.69, 9.17) is 23.9 Å². The quantitative estimate of drug-likeness (QED) is 0.0476. The number of aromatic amines is 1. The average Bonchev–Trinajstić information content (AvgIpc) is 4.17. The Morgan fingerprint density at radius 2 is 1.60 bits per heavy atom. The minimum Gasteiger partial charge on any atom is -0.491 e. The maximum atomic E-state index is 14.4. The number of ether oxygens (including phenoxy) is 4. The molecule has 0 unspecified atom stereocenters. The van der Waals surface area contributed by atoms with Crippen molar-refractivity contribution in [3.63, 3.8) is 0 Å². The largest absolute Gasteiger partial charge is 0.491 e. The fourth-order valence-electron chi connectivity index (χ4n) is 11.6. The number of pyridine rings is 1. The number of H-pyrrole nitrogens is 1. The molecule has 16 heteroatoms. The number of anilines is 1. The Morgan fingerprint density at radius 3 is 2.33 bits per heavy atom. The smallest absolute Gasteiger partial charge is 0.253 e. The molecular weight excluding hydrogens is 1000 g/mol. The number of fused-ring (bicyclic) bond motifs is 1. The van der Waals surface area contributed by atoms with Gasteiger partial charge in [0.15, 0.2) is 0 Å². The Bertz CT molecular complexity index is 3090. The molecule has 78 heavy (non-hydrogen) atoms. The summed E-state index contributed by atoms with van der Waals surface area (Å²) < 4.78 is 24.1. The van der Waals surface area contributed by atoms with Crippen molar-refractivity contribution in [1.29, 1.82) is 0 Å². The Kier molecular flexibility index (Phi) is 19.0. The van der Waals surface area contributed by atoms with E-state index in [2.05, 4.69) is 62.4 Å². The van der Waals surface area contributed by atoms with Gasteiger partial charge in [-0.1, -0.05) is 55.7 Å². The number of likely N-dealkylation sites (tertiary alicyclic amines) is 1. The van der Waals surface area contributed by atoms with Gasteiger partial charge in [0.25, 0.3) is 11.5 Å². The number of nitrogens with one attached hydrogen (secondary N) is 4. The van der Waals surface area contributed by atoms with Crippen molar-refractivity contribution >= 4 is 45.5 Å². The van der Waals surface area contributed by atoms with Crippen LogP contribution in [0.2, 0.25) is 0 Å². The van der Waals surface area contributed by atoms with Crippen LogP contribution in [0.5, 0.6) is 11.5 Å². The SMILES string of the molecule is CCN(c1cc(-c2ccc(OCCOCCOc3ccc(-c4csc([C@H]5CCCN5C(=O)[C@@H](NC(=O)[C@H](C)NC)C5CCCCC5)n4)c4ccccc34)cc2)cc(C(=O)NCc2c(C)cc(C)[nH]c2=O)c1C)C1CCOCC1. The van der Waals surface area contributed by atoms with E-state index in [9.17, 15) is 19.2 Å². The molecule has 3 aliphatic rings. The summed E-state index contributed by atoms with van der Waals surface area (Å²) >= 11 is 1.59. The number of carbonyl (C=O) groups excluding carboxylic acids is 3. The Labute approximate surface area is 462 Å². The average molecular weight is 1080 g/mol. The predicted molar refractivity (Wildman–Crippen MR) is 309 cm³/mol. The molecule has 414 valence electrons. The highest BCUT2D eigenvalue weighted by atomic mass is 32.1. The van der Waals surface area contributed by atoms with Crippen molar-refractivity contribution in [2.45, 2.75) is 123 Å². The van der Waals surface area contributed by atoms with Gasteiger partial charge < -0.3 is 49.7 Å². The number of hydrogen-bond acceptors (Lipinski definition) is 12. The second kappa shape index (κ2) is 26.4. The van der Waals surface area contributed by atoms with Gasteiger partial charge in [0.05, 0.1) is 31.0 Å². The van der Waals surface area contributed by atoms with Crippen LogP contribution in [0.3, 0.4) is 0 Å². The van der Waals surface area contributed by atoms with Crippen LogP contribution in [0.15, 0.2) is 89.0 Å². The molecular formula is C62H77N7O8S. The third-order valence-electron chi connectivity index (χ3n) is 16.0. The fourth-order valence-corrected chi connectivity index (χ4v) is 12.5. The Morgan fingerprint density at radius 1 is 0.859 bits per heavy atom. The standard InChI is InChI=1S/C62H77N7O8S/c1-7-68(46-25-28-74-29-26-46)55-36-45(35-51(41(55)4)59(71)64-37-52-39(2)34-40(3)65-60(52)72)43-19-21-47(22-20-43)76-32-30-75-31-33-77-56-24-23-49(48-16-11-12-17-50(48)56)53-38-78-61(66-53)54-18-13-27-69(54)62(73)57(44-14-9-8-10-15-44)67-58(70)42(5)63-6/h11-12,16-17,19-24,34-36,38,42,44,46,54,57,63H,7-10,13-15,18,25-33,37H2,1-6H3,(H,64,71)(H,65,72)(H,67,70)/t42-,54+,57-/m0/s1. The summed E-state index contributed by atoms with van der Waals surface area (Å²) in [4.78, 5) is 66.8. The second-order valence-corrected chi connectivity index (χ2v) is 22.0. The summed E-state index contributed by atoms with van der Waals surface area (Å²) in [6.07, 6.45) is 8.77. The summed E-state index contributed by atoms with van der Waals surface area (Å²) in [6.45, 7) is 14.1. The fraction of sp³-hybridized carbons (Fsp3) is 0.468. The molecule has 2 aliphatic heterocycles. The number of amides is 3. The number of nitrogens with zero attached hydrogens (tertiary/aromatic N) is 3. The first-order chi connectivity index (χ1) is 37.9. The molecule has 0 radical (unpaired) electrons. The van der Waals surface area contributed by atoms with Crippen molar-refractivity contribution in [2.24, 2.45) is 5.92 Å². The molecule has 1 aliphatic carbocycles. The summed E-state index contributed by atoms with van der Waals surface area (Å²) in [6, 6.07) is 25.4. The van der Waals surface area contributed by atoms with Crippen LogP contribution in [0.1, 0.15) is 115 Å². The Hall–Kier alpha value is -6.59. The van der Waals surface area contributed by atoms with E-state index < -0.39 is 6.04 Å². The molecule has 3 atom stereocenters. The van der Waals surface area contributed by atoms with E-state index in [0.29, 0.717) is 69.1 Å². The van der Waals surface area contributed by atoms with Crippen molar-refractivity contribution in [3.05, 3.63) is 128 Å². The normalized spacial score (nSPS) is 16.9. The molecule has 1 saturated carbocycles. The van der Waals surface area contributed by atoms with Gasteiger partial charge in [-0.15, -0.1) is 11.3 Å². The number of hydrogen-bond donors (Lipinski definition) is 4. The molecule has 4 N–H and O–H groups in total. The van der Waals surface area contributed by atoms with Crippen LogP contribution >= 0.6 is 11.3 Å². The Balaban J connectivity index is 0.796. The van der Waals surface area contributed by atoms with E-state index in [0.717, 1.165) is 124 Å². The second-order valence-electron chi connectivity index (χ2n) is 21.1. The van der Waals surface area contributed by atoms with Crippen LogP contribution in [0, 0.1) is 26.7 Å². The van der Waals surface area contributed by atoms with E-state index in [1.165, 1.54) is 6.42 Å². The summed E-state index contributed by atoms with van der Waals surface area (Å²) in [5, 5.41) is 14.2. The maximum absolute atomic E-state index is 14.4. The van der Waals surface area contributed by atoms with Gasteiger partial charge in [0, 0.05) is 77.7 Å². The molecule has 9 rings (SSSR count). The van der Waals surface area contributed by atoms with E-state index in [1.807, 2.05) is 87.2 Å². The lowest BCUT2D eigenvalue weighted by Crippen LogP contribution is -2.55. The number of thiazole rings is 1. The molecule has 0 spiro atoms. The van der Waals surface area contributed by atoms with Gasteiger partial charge in [0.2, 0.25) is 11.8 Å². The number of rotatable bonds is 22. The minimum absolute atomic E-state index is 0.0107. The highest BCUT2D eigenvalue weighted by molar-refractivity contribution is 7.10. The molecule has 4 aromatic carbocycles. The van der Waals surface area contributed by atoms with E-state index in [1.54, 1.807) is 18.4 Å². The van der Waals surface area contributed by atoms with Crippen molar-refractivity contribution in [1.82, 2.24) is 30.8 Å². The molecule has 3 fully saturated rings. The van der Waals surface area contributed by atoms with E-state index >= 15 is 0 Å². The predicted octanol–water partition coefficient (Wildman–Crippen LogP) is 9.99. The lowest BCUT2D eigenvalue weighted by atomic mass is 9.83. The molecule has 2 saturated heterocycles. The van der Waals surface area contributed by atoms with Crippen molar-refractivity contribution < 1.29 is 33.3 Å². The van der Waals surface area contributed by atoms with Crippen molar-refractivity contribution in [2.75, 3.05) is 64.7 Å². The molecule has 6 aromatic rings. The van der Waals surface area contributed by atoms with Crippen LogP contribution in [0.4, 0.5) is 5.69 Å². The van der Waals surface area contributed by atoms with Crippen LogP contribution < -0.4 is 35.9 Å². The van der Waals surface area contributed by atoms with Gasteiger partial charge in [0.1, 0.15) is 35.8 Å². The highest BCUT2D eigenvalue weighted by Crippen LogP contribution is 2.41. The van der Waals surface area contributed by atoms with Crippen LogP contribution in [-0.2, 0) is 25.6 Å². The van der Waals surface area contributed by atoms with Gasteiger partial charge in [-0.3, -0.25) is 19.2 Å². The van der Waals surface area contributed by atoms with E-state index in [-0.39, 0.29) is 47.8 Å². The third kappa shape index (κ3) is 13.1. The van der Waals surface area contributed by atoms with Gasteiger partial charge in [-0.25, -0.2) is 4.98 Å². The monoisotopic (exact) mass is 1080 g/mol. The molecule has 3 amide bonds. The zero-order chi connectivity index (χ0) is 54.7. The molecule has 4 heterocycles. The minimum atomic E-state index is -0.537. The van der Waals surface area contributed by atoms with Crippen LogP contribution in [0.25, 0.3) is 33.2 Å². The molecule has 0 bridgehead atoms. The highest BCUT2D eigenvalue weighted by Gasteiger charge is 2.40. The molecule has 2 aromatic heterocycles. The summed E-state index contributed by atoms with van der Waals surface area (Å²) in [5.41, 5.74) is 8.16. The lowest BCUT2D eigenvalue weighted by molar-refractivity contribution is -0.139. The number of carbonyl (C=O) groups is 3. The zero-order valence-electron chi connectivity index (χ0n) is 46.2. The summed E-state index contributed by atoms with van der Waals surface area (Å²) in [7, 11) is 1.76. The number of aryl methyl sites for hydroxylation is 2. The van der Waals surface area contributed by atoms with Gasteiger partial charge >= 0.3 is 0 Å². The maximum Gasteiger partial charge on any atom is 0.253 e. The van der Waals surface area contributed by atoms with Crippen LogP contribution in [-0.4, -0.2) is 110 Å². The number of likely N-dealkylation sites (N-methyl/N-ethyl adjacent to an activating group) is 1. The third-order valence-corrected chi connectivity index (χ3v) is 17.0. The van der Waals surface area contributed by atoms with Gasteiger partial charge in [-0.2, -0.15) is 0 Å². The number of aromatic nitrogens is 2. The first-order valence-corrected chi connectivity index (χ1v) is 29.0.